The van der Waals surface area contributed by atoms with Gasteiger partial charge in [0.05, 0.1) is 22.5 Å². The van der Waals surface area contributed by atoms with Crippen LogP contribution in [-0.2, 0) is 0 Å². The van der Waals surface area contributed by atoms with E-state index in [1.54, 1.807) is 11.3 Å². The molecule has 2 aliphatic rings. The molecule has 0 saturated heterocycles. The Balaban J connectivity index is 2.19. The van der Waals surface area contributed by atoms with Gasteiger partial charge in [0, 0.05) is 12.4 Å². The van der Waals surface area contributed by atoms with Crippen molar-refractivity contribution in [1.82, 2.24) is 0 Å². The lowest BCUT2D eigenvalue weighted by molar-refractivity contribution is 1.01. The first kappa shape index (κ1) is 7.03. The zero-order valence-electron chi connectivity index (χ0n) is 6.84. The minimum Gasteiger partial charge on any atom is -0.317 e. The van der Waals surface area contributed by atoms with Crippen LogP contribution >= 0.6 is 11.3 Å². The summed E-state index contributed by atoms with van der Waals surface area (Å²) in [5, 5.41) is 2.08. The molecule has 0 N–H and O–H groups in total. The van der Waals surface area contributed by atoms with Gasteiger partial charge in [0.15, 0.2) is 0 Å². The molecule has 0 aromatic carbocycles. The fourth-order valence-electron chi connectivity index (χ4n) is 1.50. The number of hydrogen-bond acceptors (Lipinski definition) is 4. The number of thiophene rings is 1. The largest absolute Gasteiger partial charge is 0.317 e. The maximum Gasteiger partial charge on any atom is 0.115 e. The third kappa shape index (κ3) is 0.954. The third-order valence-electron chi connectivity index (χ3n) is 2.12. The topological polar surface area (TPSA) is 28.0 Å². The standard InChI is InChI=1S/C9H7N3S/c1-2-13-9-5-10-3-7-4-11-6-12(7)8(1)9/h1-5H,6H2. The predicted molar refractivity (Wildman–Crippen MR) is 55.8 cm³/mol. The molecule has 3 rings (SSSR count). The monoisotopic (exact) mass is 189 g/mol. The van der Waals surface area contributed by atoms with Gasteiger partial charge in [-0.05, 0) is 11.4 Å². The molecule has 1 aromatic rings. The number of allylic oxidation sites excluding steroid dienone is 1. The first-order valence-corrected chi connectivity index (χ1v) is 4.91. The fraction of sp³-hybridized carbons (Fsp3) is 0.111. The van der Waals surface area contributed by atoms with Crippen LogP contribution in [0.1, 0.15) is 4.88 Å². The molecular formula is C9H7N3S. The van der Waals surface area contributed by atoms with Crippen molar-refractivity contribution in [3.63, 3.8) is 0 Å². The van der Waals surface area contributed by atoms with E-state index in [1.807, 2.05) is 18.6 Å². The van der Waals surface area contributed by atoms with Crippen molar-refractivity contribution in [2.45, 2.75) is 0 Å². The summed E-state index contributed by atoms with van der Waals surface area (Å²) in [6.45, 7) is 0.721. The van der Waals surface area contributed by atoms with Crippen LogP contribution in [0.5, 0.6) is 0 Å². The molecule has 0 atom stereocenters. The summed E-state index contributed by atoms with van der Waals surface area (Å²) >= 11 is 1.71. The van der Waals surface area contributed by atoms with E-state index in [0.29, 0.717) is 0 Å². The molecule has 0 radical (unpaired) electrons. The minimum absolute atomic E-state index is 0.721. The number of nitrogens with zero attached hydrogens (tertiary/aromatic N) is 3. The maximum atomic E-state index is 4.22. The van der Waals surface area contributed by atoms with Crippen LogP contribution in [0.2, 0.25) is 0 Å². The van der Waals surface area contributed by atoms with Crippen LogP contribution in [0, 0.1) is 0 Å². The van der Waals surface area contributed by atoms with Crippen LogP contribution in [0.25, 0.3) is 0 Å². The second-order valence-electron chi connectivity index (χ2n) is 2.88. The van der Waals surface area contributed by atoms with Gasteiger partial charge in [-0.1, -0.05) is 0 Å². The average Bonchev–Trinajstić information content (AvgIpc) is 2.72. The smallest absolute Gasteiger partial charge is 0.115 e. The minimum atomic E-state index is 0.721. The summed E-state index contributed by atoms with van der Waals surface area (Å²) in [5.41, 5.74) is 2.29. The van der Waals surface area contributed by atoms with Gasteiger partial charge in [-0.15, -0.1) is 11.3 Å². The quantitative estimate of drug-likeness (QED) is 0.612. The van der Waals surface area contributed by atoms with Crippen LogP contribution in [-0.4, -0.2) is 19.1 Å². The average molecular weight is 189 g/mol. The Morgan fingerprint density at radius 2 is 2.38 bits per heavy atom. The highest BCUT2D eigenvalue weighted by atomic mass is 32.1. The molecule has 13 heavy (non-hydrogen) atoms. The lowest BCUT2D eigenvalue weighted by Crippen LogP contribution is -2.17. The Morgan fingerprint density at radius 3 is 3.38 bits per heavy atom. The molecule has 0 amide bonds. The van der Waals surface area contributed by atoms with E-state index in [9.17, 15) is 0 Å². The van der Waals surface area contributed by atoms with Gasteiger partial charge >= 0.3 is 0 Å². The van der Waals surface area contributed by atoms with Crippen molar-refractivity contribution in [3.8, 4) is 0 Å². The van der Waals surface area contributed by atoms with E-state index < -0.39 is 0 Å². The molecule has 0 fully saturated rings. The van der Waals surface area contributed by atoms with Gasteiger partial charge in [-0.25, -0.2) is 0 Å². The van der Waals surface area contributed by atoms with Crippen molar-refractivity contribution in [1.29, 1.82) is 0 Å². The Hall–Kier alpha value is -1.42. The van der Waals surface area contributed by atoms with Crippen molar-refractivity contribution >= 4 is 29.5 Å². The molecule has 3 nitrogen and oxygen atoms in total. The second-order valence-corrected chi connectivity index (χ2v) is 3.83. The van der Waals surface area contributed by atoms with Gasteiger partial charge in [-0.3, -0.25) is 9.98 Å². The van der Waals surface area contributed by atoms with Gasteiger partial charge in [0.2, 0.25) is 0 Å². The first-order chi connectivity index (χ1) is 6.45. The molecule has 0 spiro atoms. The highest BCUT2D eigenvalue weighted by Gasteiger charge is 2.19. The SMILES string of the molecule is C1=NC=C2C=NCN2c2ccsc21. The zero-order valence-corrected chi connectivity index (χ0v) is 7.66. The molecule has 0 bridgehead atoms. The van der Waals surface area contributed by atoms with Gasteiger partial charge in [0.1, 0.15) is 6.67 Å². The predicted octanol–water partition coefficient (Wildman–Crippen LogP) is 1.87. The summed E-state index contributed by atoms with van der Waals surface area (Å²) in [4.78, 5) is 11.8. The molecule has 0 unspecified atom stereocenters. The van der Waals surface area contributed by atoms with Crippen LogP contribution in [0.15, 0.2) is 33.3 Å². The number of hydrogen-bond donors (Lipinski definition) is 0. The Kier molecular flexibility index (Phi) is 1.37. The molecule has 0 aliphatic carbocycles. The van der Waals surface area contributed by atoms with E-state index in [-0.39, 0.29) is 0 Å². The second kappa shape index (κ2) is 2.53. The van der Waals surface area contributed by atoms with Crippen molar-refractivity contribution in [2.24, 2.45) is 9.98 Å². The third-order valence-corrected chi connectivity index (χ3v) is 2.96. The normalized spacial score (nSPS) is 18.2. The lowest BCUT2D eigenvalue weighted by Gasteiger charge is -2.15. The molecule has 64 valence electrons. The summed E-state index contributed by atoms with van der Waals surface area (Å²) in [6, 6.07) is 2.11. The van der Waals surface area contributed by atoms with Gasteiger partial charge in [0.25, 0.3) is 0 Å². The molecule has 2 aliphatic heterocycles. The van der Waals surface area contributed by atoms with Crippen molar-refractivity contribution < 1.29 is 0 Å². The van der Waals surface area contributed by atoms with Crippen LogP contribution in [0.4, 0.5) is 5.69 Å². The Morgan fingerprint density at radius 1 is 1.38 bits per heavy atom. The van der Waals surface area contributed by atoms with Crippen molar-refractivity contribution in [2.75, 3.05) is 11.6 Å². The van der Waals surface area contributed by atoms with Gasteiger partial charge in [-0.2, -0.15) is 0 Å². The summed E-state index contributed by atoms with van der Waals surface area (Å²) in [7, 11) is 0. The highest BCUT2D eigenvalue weighted by Crippen LogP contribution is 2.30. The number of rotatable bonds is 0. The molecule has 1 aromatic heterocycles. The van der Waals surface area contributed by atoms with Gasteiger partial charge < -0.3 is 4.90 Å². The zero-order chi connectivity index (χ0) is 8.67. The summed E-state index contributed by atoms with van der Waals surface area (Å²) in [5.74, 6) is 0. The molecule has 0 saturated carbocycles. The Labute approximate surface area is 79.7 Å². The first-order valence-electron chi connectivity index (χ1n) is 4.03. The number of aliphatic imine (C=N–C) groups is 2. The highest BCUT2D eigenvalue weighted by molar-refractivity contribution is 7.12. The maximum absolute atomic E-state index is 4.22. The lowest BCUT2D eigenvalue weighted by atomic mass is 10.3. The van der Waals surface area contributed by atoms with Crippen LogP contribution in [0.3, 0.4) is 0 Å². The molecule has 4 heteroatoms. The Bertz CT molecular complexity index is 428. The van der Waals surface area contributed by atoms with Crippen LogP contribution < -0.4 is 4.90 Å². The van der Waals surface area contributed by atoms with E-state index in [0.717, 1.165) is 12.4 Å². The van der Waals surface area contributed by atoms with E-state index in [1.165, 1.54) is 10.6 Å². The fourth-order valence-corrected chi connectivity index (χ4v) is 2.27. The summed E-state index contributed by atoms with van der Waals surface area (Å²) in [6.07, 6.45) is 5.62. The molecular weight excluding hydrogens is 182 g/mol. The number of anilines is 1. The summed E-state index contributed by atoms with van der Waals surface area (Å²) < 4.78 is 0. The molecule has 3 heterocycles. The van der Waals surface area contributed by atoms with Crippen molar-refractivity contribution in [3.05, 3.63) is 28.2 Å². The van der Waals surface area contributed by atoms with E-state index in [2.05, 4.69) is 26.3 Å². The number of fused-ring (bicyclic) bond motifs is 3. The van der Waals surface area contributed by atoms with E-state index >= 15 is 0 Å². The van der Waals surface area contributed by atoms with E-state index in [4.69, 9.17) is 0 Å².